The topological polar surface area (TPSA) is 58.2 Å². The van der Waals surface area contributed by atoms with E-state index in [1.165, 1.54) is 4.88 Å². The van der Waals surface area contributed by atoms with Gasteiger partial charge < -0.3 is 5.32 Å². The minimum absolute atomic E-state index is 0.299. The van der Waals surface area contributed by atoms with Gasteiger partial charge in [-0.25, -0.2) is 13.1 Å². The number of hydrogen-bond acceptors (Lipinski definition) is 4. The van der Waals surface area contributed by atoms with Crippen molar-refractivity contribution in [1.29, 1.82) is 0 Å². The molecule has 6 heteroatoms. The summed E-state index contributed by atoms with van der Waals surface area (Å²) in [5, 5.41) is 5.06. The van der Waals surface area contributed by atoms with Gasteiger partial charge in [0.1, 0.15) is 4.90 Å². The van der Waals surface area contributed by atoms with Gasteiger partial charge in [-0.05, 0) is 36.9 Å². The van der Waals surface area contributed by atoms with E-state index in [1.54, 1.807) is 29.5 Å². The highest BCUT2D eigenvalue weighted by Crippen LogP contribution is 2.20. The van der Waals surface area contributed by atoms with Gasteiger partial charge in [-0.3, -0.25) is 0 Å². The van der Waals surface area contributed by atoms with E-state index in [1.807, 2.05) is 30.5 Å². The van der Waals surface area contributed by atoms with Crippen molar-refractivity contribution < 1.29 is 8.42 Å². The first-order valence-corrected chi connectivity index (χ1v) is 8.84. The van der Waals surface area contributed by atoms with Gasteiger partial charge in [-0.15, -0.1) is 11.3 Å². The summed E-state index contributed by atoms with van der Waals surface area (Å²) in [4.78, 5) is 1.47. The molecule has 0 saturated heterocycles. The van der Waals surface area contributed by atoms with Crippen LogP contribution >= 0.6 is 11.3 Å². The van der Waals surface area contributed by atoms with Crippen LogP contribution in [0.1, 0.15) is 11.8 Å². The SMILES string of the molecule is CCNc1ccccc1S(=O)(=O)NCCc1cccs1. The highest BCUT2D eigenvalue weighted by molar-refractivity contribution is 7.89. The first kappa shape index (κ1) is 15.0. The van der Waals surface area contributed by atoms with E-state index in [9.17, 15) is 8.42 Å². The third-order valence-electron chi connectivity index (χ3n) is 2.79. The van der Waals surface area contributed by atoms with Gasteiger partial charge in [0.2, 0.25) is 10.0 Å². The standard InChI is InChI=1S/C14H18N2O2S2/c1-2-15-13-7-3-4-8-14(13)20(17,18)16-10-9-12-6-5-11-19-12/h3-8,11,15-16H,2,9-10H2,1H3. The van der Waals surface area contributed by atoms with Crippen LogP contribution in [-0.2, 0) is 16.4 Å². The second kappa shape index (κ2) is 6.88. The van der Waals surface area contributed by atoms with E-state index in [2.05, 4.69) is 10.0 Å². The van der Waals surface area contributed by atoms with Crippen LogP contribution in [0.2, 0.25) is 0 Å². The van der Waals surface area contributed by atoms with Gasteiger partial charge in [0.15, 0.2) is 0 Å². The molecular weight excluding hydrogens is 292 g/mol. The minimum atomic E-state index is -3.47. The molecule has 0 bridgehead atoms. The molecule has 2 N–H and O–H groups in total. The smallest absolute Gasteiger partial charge is 0.242 e. The fourth-order valence-corrected chi connectivity index (χ4v) is 3.80. The summed E-state index contributed by atoms with van der Waals surface area (Å²) in [6.45, 7) is 3.03. The number of sulfonamides is 1. The van der Waals surface area contributed by atoms with Gasteiger partial charge >= 0.3 is 0 Å². The predicted octanol–water partition coefficient (Wildman–Crippen LogP) is 2.70. The van der Waals surface area contributed by atoms with Crippen LogP contribution in [0, 0.1) is 0 Å². The summed E-state index contributed by atoms with van der Waals surface area (Å²) in [6.07, 6.45) is 0.709. The zero-order valence-corrected chi connectivity index (χ0v) is 12.9. The van der Waals surface area contributed by atoms with Crippen molar-refractivity contribution >= 4 is 27.0 Å². The van der Waals surface area contributed by atoms with Crippen molar-refractivity contribution in [3.05, 3.63) is 46.7 Å². The monoisotopic (exact) mass is 310 g/mol. The summed E-state index contributed by atoms with van der Waals surface area (Å²) in [5.41, 5.74) is 0.638. The summed E-state index contributed by atoms with van der Waals surface area (Å²) < 4.78 is 27.3. The third-order valence-corrected chi connectivity index (χ3v) is 5.24. The van der Waals surface area contributed by atoms with Crippen LogP contribution in [0.4, 0.5) is 5.69 Å². The van der Waals surface area contributed by atoms with Crippen LogP contribution in [0.15, 0.2) is 46.7 Å². The molecule has 108 valence electrons. The zero-order valence-electron chi connectivity index (χ0n) is 11.3. The van der Waals surface area contributed by atoms with E-state index in [0.29, 0.717) is 30.1 Å². The molecule has 2 aromatic rings. The Balaban J connectivity index is 2.06. The molecule has 20 heavy (non-hydrogen) atoms. The Bertz CT molecular complexity index is 637. The zero-order chi connectivity index (χ0) is 14.4. The lowest BCUT2D eigenvalue weighted by molar-refractivity contribution is 0.582. The minimum Gasteiger partial charge on any atom is -0.384 e. The maximum atomic E-state index is 12.3. The van der Waals surface area contributed by atoms with E-state index in [4.69, 9.17) is 0 Å². The fraction of sp³-hybridized carbons (Fsp3) is 0.286. The Morgan fingerprint density at radius 1 is 1.15 bits per heavy atom. The molecule has 1 heterocycles. The second-order valence-corrected chi connectivity index (χ2v) is 7.02. The van der Waals surface area contributed by atoms with Gasteiger partial charge in [0, 0.05) is 18.0 Å². The lowest BCUT2D eigenvalue weighted by Gasteiger charge is -2.11. The molecule has 0 atom stereocenters. The number of rotatable bonds is 7. The largest absolute Gasteiger partial charge is 0.384 e. The number of benzene rings is 1. The van der Waals surface area contributed by atoms with Crippen LogP contribution in [0.5, 0.6) is 0 Å². The lowest BCUT2D eigenvalue weighted by atomic mass is 10.3. The van der Waals surface area contributed by atoms with Crippen LogP contribution in [0.3, 0.4) is 0 Å². The molecule has 0 aliphatic rings. The quantitative estimate of drug-likeness (QED) is 0.826. The summed E-state index contributed by atoms with van der Waals surface area (Å²) >= 11 is 1.63. The number of para-hydroxylation sites is 1. The van der Waals surface area contributed by atoms with Crippen molar-refractivity contribution in [2.75, 3.05) is 18.4 Å². The summed E-state index contributed by atoms with van der Waals surface area (Å²) in [7, 11) is -3.47. The molecule has 4 nitrogen and oxygen atoms in total. The average molecular weight is 310 g/mol. The Morgan fingerprint density at radius 3 is 2.65 bits per heavy atom. The van der Waals surface area contributed by atoms with E-state index >= 15 is 0 Å². The number of thiophene rings is 1. The molecule has 0 radical (unpaired) electrons. The normalized spacial score (nSPS) is 11.4. The third kappa shape index (κ3) is 3.82. The fourth-order valence-electron chi connectivity index (χ4n) is 1.88. The number of anilines is 1. The Morgan fingerprint density at radius 2 is 1.95 bits per heavy atom. The van der Waals surface area contributed by atoms with Crippen LogP contribution < -0.4 is 10.0 Å². The van der Waals surface area contributed by atoms with Crippen molar-refractivity contribution in [2.24, 2.45) is 0 Å². The molecule has 1 aromatic carbocycles. The van der Waals surface area contributed by atoms with E-state index in [-0.39, 0.29) is 0 Å². The first-order valence-electron chi connectivity index (χ1n) is 6.48. The summed E-state index contributed by atoms with van der Waals surface area (Å²) in [6, 6.07) is 10.9. The van der Waals surface area contributed by atoms with E-state index in [0.717, 1.165) is 0 Å². The molecule has 0 aliphatic carbocycles. The average Bonchev–Trinajstić information content (AvgIpc) is 2.92. The van der Waals surface area contributed by atoms with Gasteiger partial charge in [-0.2, -0.15) is 0 Å². The van der Waals surface area contributed by atoms with Gasteiger partial charge in [0.25, 0.3) is 0 Å². The predicted molar refractivity (Wildman–Crippen MR) is 83.8 cm³/mol. The number of hydrogen-bond donors (Lipinski definition) is 2. The Hall–Kier alpha value is -1.37. The molecule has 2 rings (SSSR count). The second-order valence-electron chi connectivity index (χ2n) is 4.25. The van der Waals surface area contributed by atoms with Crippen LogP contribution in [0.25, 0.3) is 0 Å². The first-order chi connectivity index (χ1) is 9.63. The Kier molecular flexibility index (Phi) is 5.17. The molecule has 0 fully saturated rings. The molecule has 0 unspecified atom stereocenters. The molecule has 0 saturated carbocycles. The highest BCUT2D eigenvalue weighted by atomic mass is 32.2. The van der Waals surface area contributed by atoms with E-state index < -0.39 is 10.0 Å². The molecule has 0 spiro atoms. The van der Waals surface area contributed by atoms with Gasteiger partial charge in [0.05, 0.1) is 5.69 Å². The van der Waals surface area contributed by atoms with Crippen LogP contribution in [-0.4, -0.2) is 21.5 Å². The molecule has 0 aliphatic heterocycles. The van der Waals surface area contributed by atoms with Gasteiger partial charge in [-0.1, -0.05) is 18.2 Å². The van der Waals surface area contributed by atoms with Crippen molar-refractivity contribution in [3.8, 4) is 0 Å². The van der Waals surface area contributed by atoms with Crippen molar-refractivity contribution in [3.63, 3.8) is 0 Å². The Labute approximate surface area is 123 Å². The molecule has 1 aromatic heterocycles. The summed E-state index contributed by atoms with van der Waals surface area (Å²) in [5.74, 6) is 0. The molecule has 0 amide bonds. The lowest BCUT2D eigenvalue weighted by Crippen LogP contribution is -2.26. The number of nitrogens with one attached hydrogen (secondary N) is 2. The maximum absolute atomic E-state index is 12.3. The maximum Gasteiger partial charge on any atom is 0.242 e. The van der Waals surface area contributed by atoms with Crippen molar-refractivity contribution in [2.45, 2.75) is 18.2 Å². The van der Waals surface area contributed by atoms with Crippen molar-refractivity contribution in [1.82, 2.24) is 4.72 Å². The highest BCUT2D eigenvalue weighted by Gasteiger charge is 2.17. The molecular formula is C14H18N2O2S2.